The SMILES string of the molecule is [2H]c1c([2H])c([2H])c2c(c1[2H])c1ccccc1n2-c1ccc2nc3n(c2c1)-c1ccccc1CO3. The maximum atomic E-state index is 8.68. The second-order valence-electron chi connectivity index (χ2n) is 7.40. The molecule has 0 aliphatic carbocycles. The Balaban J connectivity index is 1.60. The van der Waals surface area contributed by atoms with Gasteiger partial charge in [-0.3, -0.25) is 4.57 Å². The first-order chi connectivity index (χ1) is 16.5. The summed E-state index contributed by atoms with van der Waals surface area (Å²) in [5.74, 6) is 0. The smallest absolute Gasteiger partial charge is 0.302 e. The number of hydrogen-bond acceptors (Lipinski definition) is 2. The van der Waals surface area contributed by atoms with E-state index >= 15 is 0 Å². The molecule has 0 amide bonds. The van der Waals surface area contributed by atoms with Crippen molar-refractivity contribution in [3.63, 3.8) is 0 Å². The molecule has 0 saturated carbocycles. The van der Waals surface area contributed by atoms with Crippen molar-refractivity contribution in [3.05, 3.63) is 96.5 Å². The van der Waals surface area contributed by atoms with Crippen molar-refractivity contribution < 1.29 is 10.2 Å². The lowest BCUT2D eigenvalue weighted by Crippen LogP contribution is -2.12. The molecule has 0 spiro atoms. The number of rotatable bonds is 1. The Morgan fingerprint density at radius 1 is 0.800 bits per heavy atom. The average molecular weight is 391 g/mol. The highest BCUT2D eigenvalue weighted by Crippen LogP contribution is 2.36. The monoisotopic (exact) mass is 391 g/mol. The summed E-state index contributed by atoms with van der Waals surface area (Å²) in [5.41, 5.74) is 5.82. The Morgan fingerprint density at radius 3 is 2.67 bits per heavy atom. The highest BCUT2D eigenvalue weighted by atomic mass is 16.5. The van der Waals surface area contributed by atoms with Crippen molar-refractivity contribution >= 4 is 32.8 Å². The van der Waals surface area contributed by atoms with Gasteiger partial charge in [0.1, 0.15) is 6.61 Å². The fourth-order valence-corrected chi connectivity index (χ4v) is 4.44. The molecular weight excluding hydrogens is 370 g/mol. The maximum Gasteiger partial charge on any atom is 0.302 e. The number of aromatic nitrogens is 3. The molecule has 0 saturated heterocycles. The molecule has 0 bridgehead atoms. The lowest BCUT2D eigenvalue weighted by molar-refractivity contribution is 0.265. The van der Waals surface area contributed by atoms with Crippen LogP contribution in [0.5, 0.6) is 6.01 Å². The third-order valence-corrected chi connectivity index (χ3v) is 5.76. The summed E-state index contributed by atoms with van der Waals surface area (Å²) in [5, 5.41) is 1.30. The Labute approximate surface area is 178 Å². The lowest BCUT2D eigenvalue weighted by atomic mass is 10.1. The van der Waals surface area contributed by atoms with Crippen LogP contribution in [0.2, 0.25) is 0 Å². The van der Waals surface area contributed by atoms with E-state index in [4.69, 9.17) is 10.2 Å². The van der Waals surface area contributed by atoms with Crippen molar-refractivity contribution in [1.82, 2.24) is 14.1 Å². The Hall–Kier alpha value is -4.05. The van der Waals surface area contributed by atoms with Crippen molar-refractivity contribution in [2.45, 2.75) is 6.61 Å². The highest BCUT2D eigenvalue weighted by Gasteiger charge is 2.22. The quantitative estimate of drug-likeness (QED) is 0.343. The van der Waals surface area contributed by atoms with Gasteiger partial charge in [0.15, 0.2) is 0 Å². The van der Waals surface area contributed by atoms with E-state index in [0.717, 1.165) is 38.9 Å². The van der Waals surface area contributed by atoms with E-state index in [1.807, 2.05) is 75.9 Å². The molecule has 2 aromatic heterocycles. The molecule has 30 heavy (non-hydrogen) atoms. The van der Waals surface area contributed by atoms with E-state index < -0.39 is 0 Å². The van der Waals surface area contributed by atoms with Crippen LogP contribution < -0.4 is 4.74 Å². The molecule has 0 N–H and O–H groups in total. The van der Waals surface area contributed by atoms with Gasteiger partial charge in [0.05, 0.1) is 33.2 Å². The van der Waals surface area contributed by atoms with Crippen molar-refractivity contribution in [1.29, 1.82) is 0 Å². The fraction of sp³-hybridized carbons (Fsp3) is 0.0385. The number of benzene rings is 4. The zero-order valence-corrected chi connectivity index (χ0v) is 15.8. The van der Waals surface area contributed by atoms with Crippen LogP contribution in [0.3, 0.4) is 0 Å². The number of ether oxygens (including phenoxy) is 1. The van der Waals surface area contributed by atoms with Gasteiger partial charge in [-0.15, -0.1) is 0 Å². The molecule has 0 radical (unpaired) electrons. The molecular formula is C26H17N3O. The van der Waals surface area contributed by atoms with Crippen LogP contribution in [-0.2, 0) is 6.61 Å². The first-order valence-corrected chi connectivity index (χ1v) is 9.78. The molecule has 142 valence electrons. The summed E-state index contributed by atoms with van der Waals surface area (Å²) in [6.45, 7) is 0.468. The van der Waals surface area contributed by atoms with Gasteiger partial charge in [-0.05, 0) is 36.4 Å². The van der Waals surface area contributed by atoms with Gasteiger partial charge < -0.3 is 9.30 Å². The van der Waals surface area contributed by atoms with E-state index in [1.54, 1.807) is 0 Å². The summed E-state index contributed by atoms with van der Waals surface area (Å²) in [6, 6.07) is 21.5. The molecule has 4 aromatic carbocycles. The molecule has 6 aromatic rings. The predicted molar refractivity (Wildman–Crippen MR) is 120 cm³/mol. The molecule has 4 heteroatoms. The van der Waals surface area contributed by atoms with Gasteiger partial charge >= 0.3 is 6.01 Å². The minimum Gasteiger partial charge on any atom is -0.459 e. The second-order valence-corrected chi connectivity index (χ2v) is 7.40. The third-order valence-electron chi connectivity index (χ3n) is 5.76. The summed E-state index contributed by atoms with van der Waals surface area (Å²) < 4.78 is 43.5. The van der Waals surface area contributed by atoms with E-state index in [2.05, 4.69) is 4.98 Å². The summed E-state index contributed by atoms with van der Waals surface area (Å²) in [6.07, 6.45) is 0. The fourth-order valence-electron chi connectivity index (χ4n) is 4.44. The van der Waals surface area contributed by atoms with Crippen LogP contribution >= 0.6 is 0 Å². The van der Waals surface area contributed by atoms with Gasteiger partial charge in [0.2, 0.25) is 0 Å². The standard InChI is InChI=1S/C26H17N3O/c1-4-10-22-17(7-1)16-30-26-27-21-14-13-18(15-25(21)29(22)26)28-23-11-5-2-8-19(23)20-9-3-6-12-24(20)28/h1-15H,16H2/i2D,5D,8D,11D. The molecule has 3 heterocycles. The van der Waals surface area contributed by atoms with Crippen LogP contribution in [0, 0.1) is 0 Å². The third kappa shape index (κ3) is 2.02. The van der Waals surface area contributed by atoms with E-state index in [0.29, 0.717) is 23.5 Å². The van der Waals surface area contributed by atoms with Crippen LogP contribution in [0.4, 0.5) is 0 Å². The topological polar surface area (TPSA) is 32.0 Å². The molecule has 0 fully saturated rings. The van der Waals surface area contributed by atoms with Gasteiger partial charge in [-0.2, -0.15) is 4.98 Å². The summed E-state index contributed by atoms with van der Waals surface area (Å²) in [4.78, 5) is 4.67. The van der Waals surface area contributed by atoms with Gasteiger partial charge in [-0.1, -0.05) is 54.5 Å². The first-order valence-electron chi connectivity index (χ1n) is 11.8. The molecule has 4 nitrogen and oxygen atoms in total. The van der Waals surface area contributed by atoms with Crippen molar-refractivity contribution in [3.8, 4) is 17.4 Å². The molecule has 7 rings (SSSR count). The normalized spacial score (nSPS) is 14.7. The average Bonchev–Trinajstić information content (AvgIpc) is 3.42. The first kappa shape index (κ1) is 12.5. The van der Waals surface area contributed by atoms with Gasteiger partial charge in [-0.25, -0.2) is 0 Å². The van der Waals surface area contributed by atoms with E-state index in [9.17, 15) is 0 Å². The Kier molecular flexibility index (Phi) is 2.39. The van der Waals surface area contributed by atoms with Crippen LogP contribution in [-0.4, -0.2) is 14.1 Å². The largest absolute Gasteiger partial charge is 0.459 e. The maximum absolute atomic E-state index is 8.68. The van der Waals surface area contributed by atoms with Crippen LogP contribution in [0.15, 0.2) is 90.9 Å². The van der Waals surface area contributed by atoms with Gasteiger partial charge in [0.25, 0.3) is 0 Å². The van der Waals surface area contributed by atoms with Crippen molar-refractivity contribution in [2.24, 2.45) is 0 Å². The number of hydrogen-bond donors (Lipinski definition) is 0. The predicted octanol–water partition coefficient (Wildman–Crippen LogP) is 6.02. The van der Waals surface area contributed by atoms with Crippen LogP contribution in [0.1, 0.15) is 11.0 Å². The van der Waals surface area contributed by atoms with E-state index in [1.165, 1.54) is 0 Å². The zero-order valence-electron chi connectivity index (χ0n) is 19.8. The summed E-state index contributed by atoms with van der Waals surface area (Å²) in [7, 11) is 0. The Morgan fingerprint density at radius 2 is 1.67 bits per heavy atom. The number of imidazole rings is 1. The zero-order chi connectivity index (χ0) is 23.1. The lowest BCUT2D eigenvalue weighted by Gasteiger charge is -2.19. The van der Waals surface area contributed by atoms with Crippen molar-refractivity contribution in [2.75, 3.05) is 0 Å². The highest BCUT2D eigenvalue weighted by molar-refractivity contribution is 6.09. The molecule has 1 aliphatic heterocycles. The Bertz CT molecular complexity index is 1820. The molecule has 0 unspecified atom stereocenters. The molecule has 1 aliphatic rings. The molecule has 0 atom stereocenters. The van der Waals surface area contributed by atoms with Crippen LogP contribution in [0.25, 0.3) is 44.2 Å². The summed E-state index contributed by atoms with van der Waals surface area (Å²) >= 11 is 0. The minimum absolute atomic E-state index is 0.0314. The number of para-hydroxylation sites is 3. The second kappa shape index (κ2) is 5.74. The number of fused-ring (bicyclic) bond motifs is 8. The minimum atomic E-state index is -0.244. The number of nitrogens with zero attached hydrogens (tertiary/aromatic N) is 3. The van der Waals surface area contributed by atoms with E-state index in [-0.39, 0.29) is 24.2 Å². The van der Waals surface area contributed by atoms with Gasteiger partial charge in [0, 0.05) is 22.0 Å².